The van der Waals surface area contributed by atoms with Crippen LogP contribution in [0.3, 0.4) is 0 Å². The number of alkyl halides is 3. The SMILES string of the molecule is COc1ccc(Br)cc1C1NC(=O)NC(C)=C1C(=O)Nc1ccccc1C(F)(F)F. The lowest BCUT2D eigenvalue weighted by Crippen LogP contribution is -2.46. The average molecular weight is 484 g/mol. The number of carbonyl (C=O) groups is 2. The molecule has 1 unspecified atom stereocenters. The molecule has 0 saturated heterocycles. The first-order valence-electron chi connectivity index (χ1n) is 8.71. The first-order chi connectivity index (χ1) is 14.1. The van der Waals surface area contributed by atoms with E-state index in [4.69, 9.17) is 4.74 Å². The van der Waals surface area contributed by atoms with Crippen LogP contribution in [-0.2, 0) is 11.0 Å². The van der Waals surface area contributed by atoms with E-state index >= 15 is 0 Å². The van der Waals surface area contributed by atoms with Gasteiger partial charge in [0.1, 0.15) is 5.75 Å². The van der Waals surface area contributed by atoms with Crippen LogP contribution in [-0.4, -0.2) is 19.0 Å². The first-order valence-corrected chi connectivity index (χ1v) is 9.50. The molecule has 0 bridgehead atoms. The van der Waals surface area contributed by atoms with Crippen molar-refractivity contribution in [3.8, 4) is 5.75 Å². The summed E-state index contributed by atoms with van der Waals surface area (Å²) in [4.78, 5) is 25.1. The summed E-state index contributed by atoms with van der Waals surface area (Å²) < 4.78 is 45.9. The number of halogens is 4. The highest BCUT2D eigenvalue weighted by Crippen LogP contribution is 2.37. The maximum Gasteiger partial charge on any atom is 0.418 e. The van der Waals surface area contributed by atoms with Crippen molar-refractivity contribution in [1.82, 2.24) is 10.6 Å². The Labute approximate surface area is 178 Å². The predicted molar refractivity (Wildman–Crippen MR) is 108 cm³/mol. The quantitative estimate of drug-likeness (QED) is 0.587. The zero-order valence-corrected chi connectivity index (χ0v) is 17.4. The van der Waals surface area contributed by atoms with Crippen LogP contribution in [0.5, 0.6) is 5.75 Å². The third-order valence-corrected chi connectivity index (χ3v) is 4.99. The zero-order valence-electron chi connectivity index (χ0n) is 15.9. The molecule has 0 fully saturated rings. The van der Waals surface area contributed by atoms with Gasteiger partial charge >= 0.3 is 12.2 Å². The van der Waals surface area contributed by atoms with Crippen molar-refractivity contribution in [1.29, 1.82) is 0 Å². The molecule has 0 saturated carbocycles. The molecule has 2 aromatic rings. The summed E-state index contributed by atoms with van der Waals surface area (Å²) in [5.74, 6) is -0.386. The third-order valence-electron chi connectivity index (χ3n) is 4.50. The lowest BCUT2D eigenvalue weighted by atomic mass is 9.94. The number of benzene rings is 2. The lowest BCUT2D eigenvalue weighted by molar-refractivity contribution is -0.137. The number of amides is 3. The van der Waals surface area contributed by atoms with E-state index in [1.165, 1.54) is 32.2 Å². The fourth-order valence-corrected chi connectivity index (χ4v) is 3.57. The molecule has 1 aliphatic rings. The summed E-state index contributed by atoms with van der Waals surface area (Å²) >= 11 is 3.34. The van der Waals surface area contributed by atoms with Crippen molar-refractivity contribution >= 4 is 33.6 Å². The molecular formula is C20H17BrF3N3O3. The molecule has 0 aliphatic carbocycles. The van der Waals surface area contributed by atoms with Gasteiger partial charge < -0.3 is 20.7 Å². The van der Waals surface area contributed by atoms with Crippen molar-refractivity contribution < 1.29 is 27.5 Å². The number of hydrogen-bond acceptors (Lipinski definition) is 3. The van der Waals surface area contributed by atoms with Crippen LogP contribution in [0.15, 0.2) is 58.2 Å². The molecule has 1 heterocycles. The number of urea groups is 1. The number of hydrogen-bond donors (Lipinski definition) is 3. The minimum Gasteiger partial charge on any atom is -0.496 e. The number of methoxy groups -OCH3 is 1. The van der Waals surface area contributed by atoms with Crippen LogP contribution in [0.4, 0.5) is 23.7 Å². The van der Waals surface area contributed by atoms with Crippen molar-refractivity contribution in [2.75, 3.05) is 12.4 Å². The molecule has 6 nitrogen and oxygen atoms in total. The summed E-state index contributed by atoms with van der Waals surface area (Å²) in [6, 6.07) is 8.23. The smallest absolute Gasteiger partial charge is 0.418 e. The van der Waals surface area contributed by atoms with E-state index in [-0.39, 0.29) is 17.0 Å². The first kappa shape index (κ1) is 21.7. The van der Waals surface area contributed by atoms with E-state index in [9.17, 15) is 22.8 Å². The molecule has 2 aromatic carbocycles. The van der Waals surface area contributed by atoms with Gasteiger partial charge in [-0.25, -0.2) is 4.79 Å². The minimum atomic E-state index is -4.64. The summed E-state index contributed by atoms with van der Waals surface area (Å²) in [6.45, 7) is 1.50. The Hall–Kier alpha value is -3.01. The monoisotopic (exact) mass is 483 g/mol. The number of ether oxygens (including phenoxy) is 1. The van der Waals surface area contributed by atoms with Crippen LogP contribution in [0.1, 0.15) is 24.1 Å². The van der Waals surface area contributed by atoms with E-state index < -0.39 is 29.7 Å². The Morgan fingerprint density at radius 1 is 1.20 bits per heavy atom. The number of carbonyl (C=O) groups excluding carboxylic acids is 2. The Morgan fingerprint density at radius 2 is 1.90 bits per heavy atom. The molecule has 0 spiro atoms. The number of anilines is 1. The number of para-hydroxylation sites is 1. The number of nitrogens with one attached hydrogen (secondary N) is 3. The lowest BCUT2D eigenvalue weighted by Gasteiger charge is -2.30. The van der Waals surface area contributed by atoms with E-state index in [2.05, 4.69) is 31.9 Å². The second kappa shape index (κ2) is 8.39. The molecule has 158 valence electrons. The van der Waals surface area contributed by atoms with Crippen molar-refractivity contribution in [3.63, 3.8) is 0 Å². The van der Waals surface area contributed by atoms with Crippen LogP contribution in [0.2, 0.25) is 0 Å². The molecule has 3 amide bonds. The van der Waals surface area contributed by atoms with Gasteiger partial charge in [0.25, 0.3) is 5.91 Å². The van der Waals surface area contributed by atoms with Gasteiger partial charge in [0.2, 0.25) is 0 Å². The molecule has 1 atom stereocenters. The van der Waals surface area contributed by atoms with Gasteiger partial charge in [-0.1, -0.05) is 28.1 Å². The Bertz CT molecular complexity index is 1040. The van der Waals surface area contributed by atoms with Crippen LogP contribution < -0.4 is 20.7 Å². The Morgan fingerprint density at radius 3 is 2.57 bits per heavy atom. The molecule has 30 heavy (non-hydrogen) atoms. The molecule has 3 N–H and O–H groups in total. The molecule has 10 heteroatoms. The standard InChI is InChI=1S/C20H17BrF3N3O3/c1-10-16(18(28)26-14-6-4-3-5-13(14)20(22,23)24)17(27-19(29)25-10)12-9-11(21)7-8-15(12)30-2/h3-9,17H,1-2H3,(H,26,28)(H2,25,27,29). The third kappa shape index (κ3) is 4.43. The average Bonchev–Trinajstić information content (AvgIpc) is 2.66. The van der Waals surface area contributed by atoms with Crippen LogP contribution in [0.25, 0.3) is 0 Å². The maximum absolute atomic E-state index is 13.3. The second-order valence-corrected chi connectivity index (χ2v) is 7.37. The molecule has 3 rings (SSSR count). The summed E-state index contributed by atoms with van der Waals surface area (Å²) in [5, 5.41) is 7.44. The molecule has 0 aromatic heterocycles. The Kier molecular flexibility index (Phi) is 6.06. The van der Waals surface area contributed by atoms with Gasteiger partial charge in [0.05, 0.1) is 30.0 Å². The molecule has 1 aliphatic heterocycles. The minimum absolute atomic E-state index is 0.0583. The fourth-order valence-electron chi connectivity index (χ4n) is 3.19. The van der Waals surface area contributed by atoms with Crippen molar-refractivity contribution in [2.24, 2.45) is 0 Å². The summed E-state index contributed by atoms with van der Waals surface area (Å²) in [6.07, 6.45) is -4.64. The highest BCUT2D eigenvalue weighted by molar-refractivity contribution is 9.10. The zero-order chi connectivity index (χ0) is 22.1. The normalized spacial score (nSPS) is 16.6. The maximum atomic E-state index is 13.3. The highest BCUT2D eigenvalue weighted by atomic mass is 79.9. The number of rotatable bonds is 4. The van der Waals surface area contributed by atoms with Crippen LogP contribution in [0, 0.1) is 0 Å². The van der Waals surface area contributed by atoms with Crippen LogP contribution >= 0.6 is 15.9 Å². The Balaban J connectivity index is 2.05. The summed E-state index contributed by atoms with van der Waals surface area (Å²) in [7, 11) is 1.44. The molecular weight excluding hydrogens is 467 g/mol. The van der Waals surface area contributed by atoms with E-state index in [0.29, 0.717) is 15.8 Å². The predicted octanol–water partition coefficient (Wildman–Crippen LogP) is 4.74. The number of allylic oxidation sites excluding steroid dienone is 1. The van der Waals surface area contributed by atoms with E-state index in [0.717, 1.165) is 6.07 Å². The fraction of sp³-hybridized carbons (Fsp3) is 0.200. The van der Waals surface area contributed by atoms with Crippen molar-refractivity contribution in [3.05, 3.63) is 69.3 Å². The highest BCUT2D eigenvalue weighted by Gasteiger charge is 2.36. The summed E-state index contributed by atoms with van der Waals surface area (Å²) in [5.41, 5.74) is -0.612. The van der Waals surface area contributed by atoms with E-state index in [1.54, 1.807) is 18.2 Å². The van der Waals surface area contributed by atoms with Gasteiger partial charge in [-0.15, -0.1) is 0 Å². The van der Waals surface area contributed by atoms with Gasteiger partial charge in [-0.2, -0.15) is 13.2 Å². The second-order valence-electron chi connectivity index (χ2n) is 6.45. The largest absolute Gasteiger partial charge is 0.496 e. The van der Waals surface area contributed by atoms with Crippen molar-refractivity contribution in [2.45, 2.75) is 19.1 Å². The van der Waals surface area contributed by atoms with Gasteiger partial charge in [-0.05, 0) is 37.3 Å². The topological polar surface area (TPSA) is 79.5 Å². The van der Waals surface area contributed by atoms with E-state index in [1.807, 2.05) is 0 Å². The van der Waals surface area contributed by atoms with Gasteiger partial charge in [0.15, 0.2) is 0 Å². The van der Waals surface area contributed by atoms with Gasteiger partial charge in [0, 0.05) is 15.7 Å². The van der Waals surface area contributed by atoms with Gasteiger partial charge in [-0.3, -0.25) is 4.79 Å². The molecule has 0 radical (unpaired) electrons.